The fourth-order valence-electron chi connectivity index (χ4n) is 3.08. The average molecular weight is 333 g/mol. The van der Waals surface area contributed by atoms with Crippen molar-refractivity contribution in [3.8, 4) is 0 Å². The SMILES string of the molecule is CCc1ccc([C@@H]2CCCN2S(=O)(=O)c2ccc(F)cc2)cc1. The average Bonchev–Trinajstić information content (AvgIpc) is 3.06. The maximum absolute atomic E-state index is 13.1. The Morgan fingerprint density at radius 3 is 2.35 bits per heavy atom. The number of benzene rings is 2. The van der Waals surface area contributed by atoms with Crippen molar-refractivity contribution in [2.75, 3.05) is 6.54 Å². The molecule has 1 aliphatic rings. The number of hydrogen-bond donors (Lipinski definition) is 0. The molecule has 3 rings (SSSR count). The Hall–Kier alpha value is -1.72. The highest BCUT2D eigenvalue weighted by molar-refractivity contribution is 7.89. The van der Waals surface area contributed by atoms with Crippen LogP contribution in [0.25, 0.3) is 0 Å². The van der Waals surface area contributed by atoms with Crippen LogP contribution in [-0.4, -0.2) is 19.3 Å². The molecule has 5 heteroatoms. The van der Waals surface area contributed by atoms with Gasteiger partial charge in [-0.25, -0.2) is 12.8 Å². The molecule has 1 saturated heterocycles. The normalized spacial score (nSPS) is 19.1. The molecule has 3 nitrogen and oxygen atoms in total. The molecule has 0 radical (unpaired) electrons. The smallest absolute Gasteiger partial charge is 0.207 e. The fourth-order valence-corrected chi connectivity index (χ4v) is 4.76. The number of nitrogens with zero attached hydrogens (tertiary/aromatic N) is 1. The van der Waals surface area contributed by atoms with E-state index in [0.29, 0.717) is 6.54 Å². The Kier molecular flexibility index (Phi) is 4.50. The van der Waals surface area contributed by atoms with Gasteiger partial charge in [0.1, 0.15) is 5.82 Å². The summed E-state index contributed by atoms with van der Waals surface area (Å²) in [5.74, 6) is -0.433. The van der Waals surface area contributed by atoms with Gasteiger partial charge >= 0.3 is 0 Å². The van der Waals surface area contributed by atoms with Crippen LogP contribution in [0.3, 0.4) is 0 Å². The molecule has 0 bridgehead atoms. The van der Waals surface area contributed by atoms with Crippen LogP contribution in [0.1, 0.15) is 36.9 Å². The summed E-state index contributed by atoms with van der Waals surface area (Å²) in [6, 6.07) is 13.0. The second-order valence-corrected chi connectivity index (χ2v) is 7.71. The third-order valence-electron chi connectivity index (χ3n) is 4.40. The Balaban J connectivity index is 1.92. The third-order valence-corrected chi connectivity index (χ3v) is 6.32. The number of sulfonamides is 1. The van der Waals surface area contributed by atoms with E-state index in [9.17, 15) is 12.8 Å². The van der Waals surface area contributed by atoms with Crippen LogP contribution in [0.15, 0.2) is 53.4 Å². The molecule has 23 heavy (non-hydrogen) atoms. The summed E-state index contributed by atoms with van der Waals surface area (Å²) in [6.45, 7) is 2.59. The van der Waals surface area contributed by atoms with Crippen LogP contribution in [0.2, 0.25) is 0 Å². The van der Waals surface area contributed by atoms with Gasteiger partial charge in [-0.1, -0.05) is 31.2 Å². The van der Waals surface area contributed by atoms with Crippen molar-refractivity contribution in [1.82, 2.24) is 4.31 Å². The summed E-state index contributed by atoms with van der Waals surface area (Å²) in [6.07, 6.45) is 2.61. The van der Waals surface area contributed by atoms with E-state index in [2.05, 4.69) is 19.1 Å². The molecule has 2 aromatic carbocycles. The minimum atomic E-state index is -3.60. The Morgan fingerprint density at radius 1 is 1.09 bits per heavy atom. The number of aryl methyl sites for hydroxylation is 1. The lowest BCUT2D eigenvalue weighted by atomic mass is 10.0. The Labute approximate surface area is 136 Å². The van der Waals surface area contributed by atoms with Gasteiger partial charge in [-0.05, 0) is 54.7 Å². The van der Waals surface area contributed by atoms with Gasteiger partial charge in [-0.15, -0.1) is 0 Å². The van der Waals surface area contributed by atoms with Gasteiger partial charge in [-0.2, -0.15) is 4.31 Å². The Bertz CT molecular complexity index is 770. The molecule has 0 aromatic heterocycles. The molecule has 0 saturated carbocycles. The van der Waals surface area contributed by atoms with Crippen LogP contribution in [-0.2, 0) is 16.4 Å². The second-order valence-electron chi connectivity index (χ2n) is 5.82. The minimum absolute atomic E-state index is 0.143. The zero-order valence-electron chi connectivity index (χ0n) is 13.1. The van der Waals surface area contributed by atoms with E-state index < -0.39 is 15.8 Å². The van der Waals surface area contributed by atoms with Crippen LogP contribution in [0, 0.1) is 5.82 Å². The summed E-state index contributed by atoms with van der Waals surface area (Å²) >= 11 is 0. The number of hydrogen-bond acceptors (Lipinski definition) is 2. The van der Waals surface area contributed by atoms with Crippen molar-refractivity contribution >= 4 is 10.0 Å². The lowest BCUT2D eigenvalue weighted by Gasteiger charge is -2.24. The highest BCUT2D eigenvalue weighted by Crippen LogP contribution is 2.36. The highest BCUT2D eigenvalue weighted by atomic mass is 32.2. The van der Waals surface area contributed by atoms with Gasteiger partial charge in [0.05, 0.1) is 10.9 Å². The molecule has 0 N–H and O–H groups in total. The fraction of sp³-hybridized carbons (Fsp3) is 0.333. The predicted octanol–water partition coefficient (Wildman–Crippen LogP) is 3.91. The number of rotatable bonds is 4. The summed E-state index contributed by atoms with van der Waals surface area (Å²) in [5, 5.41) is 0. The maximum atomic E-state index is 13.1. The topological polar surface area (TPSA) is 37.4 Å². The van der Waals surface area contributed by atoms with Crippen LogP contribution < -0.4 is 0 Å². The predicted molar refractivity (Wildman–Crippen MR) is 88.1 cm³/mol. The van der Waals surface area contributed by atoms with E-state index in [4.69, 9.17) is 0 Å². The lowest BCUT2D eigenvalue weighted by Crippen LogP contribution is -2.30. The molecule has 1 aliphatic heterocycles. The van der Waals surface area contributed by atoms with E-state index in [1.165, 1.54) is 29.8 Å². The minimum Gasteiger partial charge on any atom is -0.207 e. The first-order chi connectivity index (χ1) is 11.0. The third kappa shape index (κ3) is 3.16. The zero-order valence-corrected chi connectivity index (χ0v) is 13.9. The largest absolute Gasteiger partial charge is 0.243 e. The first kappa shape index (κ1) is 16.1. The monoisotopic (exact) mass is 333 g/mol. The van der Waals surface area contributed by atoms with Gasteiger partial charge in [0.15, 0.2) is 0 Å². The number of halogens is 1. The molecule has 1 heterocycles. The van der Waals surface area contributed by atoms with E-state index in [1.54, 1.807) is 4.31 Å². The first-order valence-corrected chi connectivity index (χ1v) is 9.32. The van der Waals surface area contributed by atoms with Crippen molar-refractivity contribution < 1.29 is 12.8 Å². The van der Waals surface area contributed by atoms with Crippen LogP contribution in [0.5, 0.6) is 0 Å². The van der Waals surface area contributed by atoms with E-state index in [-0.39, 0.29) is 10.9 Å². The molecule has 0 spiro atoms. The zero-order chi connectivity index (χ0) is 16.4. The standard InChI is InChI=1S/C18H20FNO2S/c1-2-14-5-7-15(8-6-14)18-4-3-13-20(18)23(21,22)17-11-9-16(19)10-12-17/h5-12,18H,2-4,13H2,1H3/t18-/m0/s1. The second kappa shape index (κ2) is 6.42. The van der Waals surface area contributed by atoms with E-state index >= 15 is 0 Å². The Morgan fingerprint density at radius 2 is 1.74 bits per heavy atom. The van der Waals surface area contributed by atoms with Crippen molar-refractivity contribution in [3.05, 3.63) is 65.5 Å². The van der Waals surface area contributed by atoms with E-state index in [0.717, 1.165) is 24.8 Å². The van der Waals surface area contributed by atoms with Crippen LogP contribution >= 0.6 is 0 Å². The molecule has 2 aromatic rings. The van der Waals surface area contributed by atoms with Gasteiger partial charge in [0.2, 0.25) is 10.0 Å². The highest BCUT2D eigenvalue weighted by Gasteiger charge is 2.36. The molecule has 122 valence electrons. The maximum Gasteiger partial charge on any atom is 0.243 e. The van der Waals surface area contributed by atoms with Crippen LogP contribution in [0.4, 0.5) is 4.39 Å². The molecule has 0 amide bonds. The van der Waals surface area contributed by atoms with Crippen molar-refractivity contribution in [2.24, 2.45) is 0 Å². The summed E-state index contributed by atoms with van der Waals surface area (Å²) in [7, 11) is -3.60. The molecule has 0 aliphatic carbocycles. The van der Waals surface area contributed by atoms with Gasteiger partial charge in [-0.3, -0.25) is 0 Å². The van der Waals surface area contributed by atoms with Crippen molar-refractivity contribution in [1.29, 1.82) is 0 Å². The first-order valence-electron chi connectivity index (χ1n) is 7.88. The molecule has 0 unspecified atom stereocenters. The summed E-state index contributed by atoms with van der Waals surface area (Å²) < 4.78 is 40.3. The quantitative estimate of drug-likeness (QED) is 0.850. The summed E-state index contributed by atoms with van der Waals surface area (Å²) in [5.41, 5.74) is 2.25. The van der Waals surface area contributed by atoms with Crippen molar-refractivity contribution in [3.63, 3.8) is 0 Å². The lowest BCUT2D eigenvalue weighted by molar-refractivity contribution is 0.396. The molecular formula is C18H20FNO2S. The van der Waals surface area contributed by atoms with E-state index in [1.807, 2.05) is 12.1 Å². The molecule has 1 atom stereocenters. The van der Waals surface area contributed by atoms with Crippen molar-refractivity contribution in [2.45, 2.75) is 37.1 Å². The molecule has 1 fully saturated rings. The van der Waals surface area contributed by atoms with Gasteiger partial charge in [0, 0.05) is 6.54 Å². The summed E-state index contributed by atoms with van der Waals surface area (Å²) in [4.78, 5) is 0.149. The van der Waals surface area contributed by atoms with Gasteiger partial charge in [0.25, 0.3) is 0 Å². The molecular weight excluding hydrogens is 313 g/mol. The van der Waals surface area contributed by atoms with Gasteiger partial charge < -0.3 is 0 Å².